The molecule has 5 heteroatoms. The van der Waals surface area contributed by atoms with Crippen molar-refractivity contribution >= 4 is 11.8 Å². The minimum Gasteiger partial charge on any atom is -0.388 e. The van der Waals surface area contributed by atoms with Crippen LogP contribution in [-0.2, 0) is 9.59 Å². The van der Waals surface area contributed by atoms with E-state index in [0.717, 1.165) is 25.7 Å². The lowest BCUT2D eigenvalue weighted by atomic mass is 9.78. The average molecular weight is 282 g/mol. The van der Waals surface area contributed by atoms with Gasteiger partial charge in [-0.15, -0.1) is 0 Å². The molecule has 1 saturated carbocycles. The molecule has 0 spiro atoms. The van der Waals surface area contributed by atoms with E-state index in [1.165, 1.54) is 6.42 Å². The summed E-state index contributed by atoms with van der Waals surface area (Å²) < 4.78 is 0. The van der Waals surface area contributed by atoms with Crippen LogP contribution in [0.5, 0.6) is 0 Å². The van der Waals surface area contributed by atoms with Crippen LogP contribution >= 0.6 is 0 Å². The summed E-state index contributed by atoms with van der Waals surface area (Å²) in [5, 5.41) is 13.3. The number of carbonyl (C=O) groups is 2. The number of nitrogens with one attached hydrogen (secondary N) is 1. The molecule has 2 rings (SSSR count). The molecule has 1 unspecified atom stereocenters. The molecular formula is C15H26N2O3. The second-order valence-corrected chi connectivity index (χ2v) is 6.47. The molecule has 20 heavy (non-hydrogen) atoms. The highest BCUT2D eigenvalue weighted by Gasteiger charge is 2.36. The Morgan fingerprint density at radius 1 is 1.45 bits per heavy atom. The summed E-state index contributed by atoms with van der Waals surface area (Å²) in [7, 11) is 1.72. The van der Waals surface area contributed by atoms with Crippen molar-refractivity contribution in [1.29, 1.82) is 0 Å². The van der Waals surface area contributed by atoms with Gasteiger partial charge in [0, 0.05) is 26.6 Å². The third kappa shape index (κ3) is 3.51. The number of nitrogens with zero attached hydrogens (tertiary/aromatic N) is 1. The van der Waals surface area contributed by atoms with Crippen molar-refractivity contribution in [1.82, 2.24) is 10.2 Å². The molecule has 5 nitrogen and oxygen atoms in total. The zero-order valence-electron chi connectivity index (χ0n) is 12.5. The van der Waals surface area contributed by atoms with Gasteiger partial charge in [0.25, 0.3) is 0 Å². The van der Waals surface area contributed by atoms with Crippen LogP contribution in [0.2, 0.25) is 0 Å². The maximum atomic E-state index is 12.0. The topological polar surface area (TPSA) is 69.6 Å². The van der Waals surface area contributed by atoms with Crippen molar-refractivity contribution in [2.45, 2.75) is 51.0 Å². The third-order valence-corrected chi connectivity index (χ3v) is 4.92. The molecule has 0 aromatic heterocycles. The molecule has 2 amide bonds. The van der Waals surface area contributed by atoms with Gasteiger partial charge >= 0.3 is 0 Å². The largest absolute Gasteiger partial charge is 0.388 e. The first-order chi connectivity index (χ1) is 9.43. The molecule has 1 heterocycles. The van der Waals surface area contributed by atoms with E-state index >= 15 is 0 Å². The van der Waals surface area contributed by atoms with Gasteiger partial charge in [0.1, 0.15) is 0 Å². The smallest absolute Gasteiger partial charge is 0.225 e. The Balaban J connectivity index is 1.77. The van der Waals surface area contributed by atoms with Gasteiger partial charge in [-0.3, -0.25) is 9.59 Å². The Morgan fingerprint density at radius 2 is 2.10 bits per heavy atom. The summed E-state index contributed by atoms with van der Waals surface area (Å²) in [5.74, 6) is 0.371. The van der Waals surface area contributed by atoms with E-state index in [1.54, 1.807) is 11.9 Å². The predicted molar refractivity (Wildman–Crippen MR) is 76.0 cm³/mol. The van der Waals surface area contributed by atoms with Crippen molar-refractivity contribution < 1.29 is 14.7 Å². The fraction of sp³-hybridized carbons (Fsp3) is 0.867. The molecule has 0 aromatic rings. The van der Waals surface area contributed by atoms with Gasteiger partial charge in [0.2, 0.25) is 11.8 Å². The highest BCUT2D eigenvalue weighted by atomic mass is 16.3. The summed E-state index contributed by atoms with van der Waals surface area (Å²) in [6.07, 6.45) is 5.04. The van der Waals surface area contributed by atoms with E-state index in [-0.39, 0.29) is 17.7 Å². The first-order valence-corrected chi connectivity index (χ1v) is 7.67. The monoisotopic (exact) mass is 282 g/mol. The van der Waals surface area contributed by atoms with Crippen molar-refractivity contribution in [2.24, 2.45) is 11.8 Å². The first kappa shape index (κ1) is 15.3. The van der Waals surface area contributed by atoms with Gasteiger partial charge in [-0.2, -0.15) is 0 Å². The Morgan fingerprint density at radius 3 is 2.60 bits per heavy atom. The highest BCUT2D eigenvalue weighted by molar-refractivity contribution is 5.89. The van der Waals surface area contributed by atoms with E-state index in [1.807, 2.05) is 0 Å². The number of amides is 2. The lowest BCUT2D eigenvalue weighted by Gasteiger charge is -2.36. The standard InChI is InChI=1S/C15H26N2O3/c1-3-11-4-6-15(20,7-5-11)10-16-14(19)12-8-13(18)17(2)9-12/h11-12,20H,3-10H2,1-2H3,(H,16,19). The molecule has 2 aliphatic rings. The van der Waals surface area contributed by atoms with Crippen LogP contribution in [0, 0.1) is 11.8 Å². The summed E-state index contributed by atoms with van der Waals surface area (Å²) in [6, 6.07) is 0. The SMILES string of the molecule is CCC1CCC(O)(CNC(=O)C2CC(=O)N(C)C2)CC1. The second kappa shape index (κ2) is 6.12. The Kier molecular flexibility index (Phi) is 4.68. The van der Waals surface area contributed by atoms with Gasteiger partial charge < -0.3 is 15.3 Å². The molecular weight excluding hydrogens is 256 g/mol. The summed E-state index contributed by atoms with van der Waals surface area (Å²) in [6.45, 7) is 2.99. The van der Waals surface area contributed by atoms with Gasteiger partial charge in [0.05, 0.1) is 11.5 Å². The predicted octanol–water partition coefficient (Wildman–Crippen LogP) is 0.912. The second-order valence-electron chi connectivity index (χ2n) is 6.47. The molecule has 2 N–H and O–H groups in total. The summed E-state index contributed by atoms with van der Waals surface area (Å²) >= 11 is 0. The Hall–Kier alpha value is -1.10. The quantitative estimate of drug-likeness (QED) is 0.805. The zero-order chi connectivity index (χ0) is 14.8. The van der Waals surface area contributed by atoms with E-state index in [4.69, 9.17) is 0 Å². The van der Waals surface area contributed by atoms with Crippen LogP contribution in [0.25, 0.3) is 0 Å². The lowest BCUT2D eigenvalue weighted by molar-refractivity contribution is -0.129. The van der Waals surface area contributed by atoms with Crippen LogP contribution in [0.3, 0.4) is 0 Å². The van der Waals surface area contributed by atoms with Crippen molar-refractivity contribution in [2.75, 3.05) is 20.1 Å². The maximum absolute atomic E-state index is 12.0. The molecule has 1 aliphatic heterocycles. The number of hydrogen-bond acceptors (Lipinski definition) is 3. The zero-order valence-corrected chi connectivity index (χ0v) is 12.5. The molecule has 0 bridgehead atoms. The Bertz CT molecular complexity index is 375. The number of aliphatic hydroxyl groups is 1. The number of hydrogen-bond donors (Lipinski definition) is 2. The third-order valence-electron chi connectivity index (χ3n) is 4.92. The number of rotatable bonds is 4. The van der Waals surface area contributed by atoms with E-state index in [9.17, 15) is 14.7 Å². The molecule has 2 fully saturated rings. The lowest BCUT2D eigenvalue weighted by Crippen LogP contribution is -2.47. The van der Waals surface area contributed by atoms with E-state index in [0.29, 0.717) is 25.4 Å². The first-order valence-electron chi connectivity index (χ1n) is 7.67. The normalized spacial score (nSPS) is 34.4. The summed E-state index contributed by atoms with van der Waals surface area (Å²) in [4.78, 5) is 25.1. The van der Waals surface area contributed by atoms with Crippen LogP contribution in [0.4, 0.5) is 0 Å². The van der Waals surface area contributed by atoms with Gasteiger partial charge in [-0.1, -0.05) is 13.3 Å². The maximum Gasteiger partial charge on any atom is 0.225 e. The fourth-order valence-corrected chi connectivity index (χ4v) is 3.24. The highest BCUT2D eigenvalue weighted by Crippen LogP contribution is 2.33. The minimum atomic E-state index is -0.754. The van der Waals surface area contributed by atoms with Gasteiger partial charge in [-0.25, -0.2) is 0 Å². The van der Waals surface area contributed by atoms with Crippen molar-refractivity contribution in [3.63, 3.8) is 0 Å². The van der Waals surface area contributed by atoms with Gasteiger partial charge in [-0.05, 0) is 31.6 Å². The molecule has 1 saturated heterocycles. The Labute approximate surface area is 120 Å². The summed E-state index contributed by atoms with van der Waals surface area (Å²) in [5.41, 5.74) is -0.754. The average Bonchev–Trinajstić information content (AvgIpc) is 2.77. The molecule has 114 valence electrons. The van der Waals surface area contributed by atoms with E-state index in [2.05, 4.69) is 12.2 Å². The fourth-order valence-electron chi connectivity index (χ4n) is 3.24. The number of likely N-dealkylation sites (tertiary alicyclic amines) is 1. The number of carbonyl (C=O) groups excluding carboxylic acids is 2. The van der Waals surface area contributed by atoms with Crippen LogP contribution in [-0.4, -0.2) is 47.6 Å². The van der Waals surface area contributed by atoms with Crippen molar-refractivity contribution in [3.8, 4) is 0 Å². The molecule has 1 aliphatic carbocycles. The molecule has 0 aromatic carbocycles. The van der Waals surface area contributed by atoms with E-state index < -0.39 is 5.60 Å². The van der Waals surface area contributed by atoms with Crippen LogP contribution < -0.4 is 5.32 Å². The minimum absolute atomic E-state index is 0.0207. The molecule has 0 radical (unpaired) electrons. The van der Waals surface area contributed by atoms with Gasteiger partial charge in [0.15, 0.2) is 0 Å². The van der Waals surface area contributed by atoms with Crippen molar-refractivity contribution in [3.05, 3.63) is 0 Å². The van der Waals surface area contributed by atoms with Crippen LogP contribution in [0.1, 0.15) is 45.4 Å². The molecule has 1 atom stereocenters. The van der Waals surface area contributed by atoms with Crippen LogP contribution in [0.15, 0.2) is 0 Å².